The molecular formula is C24H24ClNO4. The van der Waals surface area contributed by atoms with Gasteiger partial charge in [0.05, 0.1) is 29.3 Å². The van der Waals surface area contributed by atoms with Crippen LogP contribution in [-0.2, 0) is 9.59 Å². The van der Waals surface area contributed by atoms with E-state index in [2.05, 4.69) is 0 Å². The van der Waals surface area contributed by atoms with Crippen LogP contribution < -0.4 is 4.74 Å². The van der Waals surface area contributed by atoms with Crippen molar-refractivity contribution in [2.75, 3.05) is 7.11 Å². The Labute approximate surface area is 180 Å². The summed E-state index contributed by atoms with van der Waals surface area (Å²) in [6, 6.07) is 12.2. The summed E-state index contributed by atoms with van der Waals surface area (Å²) >= 11 is 6.32. The smallest absolute Gasteiger partial charge is 0.295 e. The first kappa shape index (κ1) is 20.5. The fraction of sp³-hybridized carbons (Fsp3) is 0.333. The Kier molecular flexibility index (Phi) is 5.56. The highest BCUT2D eigenvalue weighted by molar-refractivity contribution is 6.46. The molecule has 6 heteroatoms. The van der Waals surface area contributed by atoms with E-state index in [1.165, 1.54) is 7.11 Å². The van der Waals surface area contributed by atoms with Crippen molar-refractivity contribution in [1.29, 1.82) is 0 Å². The molecule has 0 aromatic heterocycles. The molecule has 2 aromatic rings. The number of benzene rings is 2. The lowest BCUT2D eigenvalue weighted by atomic mass is 9.94. The van der Waals surface area contributed by atoms with E-state index in [9.17, 15) is 14.7 Å². The molecule has 0 spiro atoms. The monoisotopic (exact) mass is 425 g/mol. The molecule has 1 saturated carbocycles. The Morgan fingerprint density at radius 2 is 1.80 bits per heavy atom. The second kappa shape index (κ2) is 8.15. The number of hydrogen-bond donors (Lipinski definition) is 1. The summed E-state index contributed by atoms with van der Waals surface area (Å²) in [7, 11) is 1.46. The van der Waals surface area contributed by atoms with Crippen molar-refractivity contribution in [3.63, 3.8) is 0 Å². The highest BCUT2D eigenvalue weighted by atomic mass is 35.5. The molecule has 5 nitrogen and oxygen atoms in total. The Bertz CT molecular complexity index is 1030. The van der Waals surface area contributed by atoms with Crippen LogP contribution in [0.3, 0.4) is 0 Å². The van der Waals surface area contributed by atoms with Crippen LogP contribution in [-0.4, -0.2) is 34.8 Å². The maximum atomic E-state index is 13.2. The van der Waals surface area contributed by atoms with Crippen LogP contribution in [0, 0.1) is 6.92 Å². The third kappa shape index (κ3) is 3.37. The number of ketones is 1. The SMILES string of the molecule is COc1c(Cl)cc(C)cc1/C(O)=C1\C(=O)C(=O)N(C2CCCC2)C1c1ccccc1. The van der Waals surface area contributed by atoms with E-state index in [0.717, 1.165) is 36.8 Å². The summed E-state index contributed by atoms with van der Waals surface area (Å²) in [6.07, 6.45) is 3.76. The maximum absolute atomic E-state index is 13.2. The standard InChI is InChI=1S/C24H24ClNO4/c1-14-12-17(23(30-2)18(25)13-14)21(27)19-20(15-8-4-3-5-9-15)26(24(29)22(19)28)16-10-6-7-11-16/h3-5,8-9,12-13,16,20,27H,6-7,10-11H2,1-2H3/b21-19+. The van der Waals surface area contributed by atoms with Gasteiger partial charge in [0.2, 0.25) is 0 Å². The van der Waals surface area contributed by atoms with Gasteiger partial charge in [0.25, 0.3) is 11.7 Å². The van der Waals surface area contributed by atoms with E-state index in [0.29, 0.717) is 10.6 Å². The van der Waals surface area contributed by atoms with Gasteiger partial charge in [0, 0.05) is 6.04 Å². The number of hydrogen-bond acceptors (Lipinski definition) is 4. The normalized spacial score (nSPS) is 21.4. The van der Waals surface area contributed by atoms with Gasteiger partial charge in [-0.05, 0) is 43.0 Å². The molecule has 1 amide bonds. The first-order chi connectivity index (χ1) is 14.4. The van der Waals surface area contributed by atoms with Crippen molar-refractivity contribution in [3.05, 3.63) is 69.8 Å². The van der Waals surface area contributed by atoms with Gasteiger partial charge in [-0.3, -0.25) is 9.59 Å². The number of carbonyl (C=O) groups is 2. The van der Waals surface area contributed by atoms with Gasteiger partial charge in [-0.15, -0.1) is 0 Å². The number of methoxy groups -OCH3 is 1. The lowest BCUT2D eigenvalue weighted by Crippen LogP contribution is -2.37. The third-order valence-corrected chi connectivity index (χ3v) is 6.24. The third-order valence-electron chi connectivity index (χ3n) is 5.96. The number of halogens is 1. The second-order valence-electron chi connectivity index (χ2n) is 7.88. The van der Waals surface area contributed by atoms with Crippen molar-refractivity contribution in [1.82, 2.24) is 4.90 Å². The van der Waals surface area contributed by atoms with Gasteiger partial charge >= 0.3 is 0 Å². The van der Waals surface area contributed by atoms with Crippen LogP contribution in [0.4, 0.5) is 0 Å². The molecule has 1 unspecified atom stereocenters. The number of likely N-dealkylation sites (tertiary alicyclic amines) is 1. The molecule has 1 saturated heterocycles. The number of amides is 1. The predicted octanol–water partition coefficient (Wildman–Crippen LogP) is 5.02. The minimum atomic E-state index is -0.673. The molecule has 30 heavy (non-hydrogen) atoms. The van der Waals surface area contributed by atoms with E-state index in [1.54, 1.807) is 17.0 Å². The molecule has 0 bridgehead atoms. The second-order valence-corrected chi connectivity index (χ2v) is 8.29. The molecule has 4 rings (SSSR count). The maximum Gasteiger partial charge on any atom is 0.295 e. The van der Waals surface area contributed by atoms with Crippen molar-refractivity contribution in [2.45, 2.75) is 44.7 Å². The zero-order valence-electron chi connectivity index (χ0n) is 17.0. The van der Waals surface area contributed by atoms with Crippen molar-refractivity contribution in [2.24, 2.45) is 0 Å². The minimum absolute atomic E-state index is 0.0139. The summed E-state index contributed by atoms with van der Waals surface area (Å²) in [6.45, 7) is 1.84. The quantitative estimate of drug-likeness (QED) is 0.424. The summed E-state index contributed by atoms with van der Waals surface area (Å²) in [4.78, 5) is 27.9. The molecule has 2 aliphatic rings. The van der Waals surface area contributed by atoms with E-state index in [1.807, 2.05) is 37.3 Å². The van der Waals surface area contributed by atoms with E-state index >= 15 is 0 Å². The van der Waals surface area contributed by atoms with Gasteiger partial charge in [-0.25, -0.2) is 0 Å². The van der Waals surface area contributed by atoms with Crippen LogP contribution in [0.15, 0.2) is 48.0 Å². The molecule has 1 aliphatic heterocycles. The Hall–Kier alpha value is -2.79. The van der Waals surface area contributed by atoms with Gasteiger partial charge in [0.15, 0.2) is 0 Å². The fourth-order valence-corrected chi connectivity index (χ4v) is 4.98. The number of Topliss-reactive ketones (excluding diaryl/α,β-unsaturated/α-hetero) is 1. The number of ether oxygens (including phenoxy) is 1. The number of nitrogens with zero attached hydrogens (tertiary/aromatic N) is 1. The summed E-state index contributed by atoms with van der Waals surface area (Å²) in [5, 5.41) is 11.6. The van der Waals surface area contributed by atoms with Crippen LogP contribution in [0.25, 0.3) is 5.76 Å². The molecule has 156 valence electrons. The van der Waals surface area contributed by atoms with Crippen LogP contribution in [0.5, 0.6) is 5.75 Å². The minimum Gasteiger partial charge on any atom is -0.507 e. The van der Waals surface area contributed by atoms with Gasteiger partial charge in [0.1, 0.15) is 11.5 Å². The Morgan fingerprint density at radius 1 is 1.13 bits per heavy atom. The molecule has 1 heterocycles. The lowest BCUT2D eigenvalue weighted by molar-refractivity contribution is -0.141. The average Bonchev–Trinajstić information content (AvgIpc) is 3.35. The average molecular weight is 426 g/mol. The molecule has 1 N–H and O–H groups in total. The van der Waals surface area contributed by atoms with Crippen LogP contribution in [0.1, 0.15) is 48.4 Å². The molecule has 2 fully saturated rings. The summed E-state index contributed by atoms with van der Waals surface area (Å²) < 4.78 is 5.41. The topological polar surface area (TPSA) is 66.8 Å². The zero-order chi connectivity index (χ0) is 21.4. The van der Waals surface area contributed by atoms with Crippen molar-refractivity contribution < 1.29 is 19.4 Å². The van der Waals surface area contributed by atoms with Gasteiger partial charge < -0.3 is 14.7 Å². The number of aliphatic hydroxyl groups excluding tert-OH is 1. The van der Waals surface area contributed by atoms with Crippen molar-refractivity contribution >= 4 is 29.1 Å². The number of rotatable bonds is 4. The molecule has 1 aliphatic carbocycles. The Morgan fingerprint density at radius 3 is 2.43 bits per heavy atom. The first-order valence-corrected chi connectivity index (χ1v) is 10.5. The summed E-state index contributed by atoms with van der Waals surface area (Å²) in [5.74, 6) is -1.22. The Balaban J connectivity index is 1.95. The van der Waals surface area contributed by atoms with E-state index in [4.69, 9.17) is 16.3 Å². The molecule has 2 aromatic carbocycles. The predicted molar refractivity (Wildman–Crippen MR) is 116 cm³/mol. The molecular weight excluding hydrogens is 402 g/mol. The van der Waals surface area contributed by atoms with Gasteiger partial charge in [-0.1, -0.05) is 54.8 Å². The van der Waals surface area contributed by atoms with Crippen LogP contribution in [0.2, 0.25) is 5.02 Å². The largest absolute Gasteiger partial charge is 0.507 e. The van der Waals surface area contributed by atoms with Crippen molar-refractivity contribution in [3.8, 4) is 5.75 Å². The zero-order valence-corrected chi connectivity index (χ0v) is 17.8. The molecule has 0 radical (unpaired) electrons. The summed E-state index contributed by atoms with van der Waals surface area (Å²) in [5.41, 5.74) is 2.00. The highest BCUT2D eigenvalue weighted by Crippen LogP contribution is 2.45. The molecule has 1 atom stereocenters. The number of aliphatic hydroxyl groups is 1. The van der Waals surface area contributed by atoms with Gasteiger partial charge in [-0.2, -0.15) is 0 Å². The van der Waals surface area contributed by atoms with E-state index < -0.39 is 17.7 Å². The number of aryl methyl sites for hydroxylation is 1. The fourth-order valence-electron chi connectivity index (χ4n) is 4.63. The first-order valence-electron chi connectivity index (χ1n) is 10.1. The number of carbonyl (C=O) groups excluding carboxylic acids is 2. The van der Waals surface area contributed by atoms with E-state index in [-0.39, 0.29) is 23.1 Å². The highest BCUT2D eigenvalue weighted by Gasteiger charge is 2.49. The lowest BCUT2D eigenvalue weighted by Gasteiger charge is -2.30. The van der Waals surface area contributed by atoms with Crippen LogP contribution >= 0.6 is 11.6 Å².